The Bertz CT molecular complexity index is 552. The van der Waals surface area contributed by atoms with E-state index in [0.29, 0.717) is 17.6 Å². The van der Waals surface area contributed by atoms with Crippen LogP contribution in [0.15, 0.2) is 22.7 Å². The van der Waals surface area contributed by atoms with Gasteiger partial charge in [0.2, 0.25) is 0 Å². The van der Waals surface area contributed by atoms with Gasteiger partial charge in [-0.25, -0.2) is 4.39 Å². The molecule has 0 bridgehead atoms. The van der Waals surface area contributed by atoms with E-state index >= 15 is 0 Å². The molecule has 5 nitrogen and oxygen atoms in total. The minimum absolute atomic E-state index is 0.0922. The lowest BCUT2D eigenvalue weighted by Crippen LogP contribution is -2.46. The molecule has 1 aliphatic rings. The number of nitrogens with zero attached hydrogens (tertiary/aromatic N) is 1. The van der Waals surface area contributed by atoms with Crippen LogP contribution in [0, 0.1) is 5.82 Å². The second-order valence-electron chi connectivity index (χ2n) is 4.65. The summed E-state index contributed by atoms with van der Waals surface area (Å²) >= 11 is 3.05. The number of halogens is 2. The number of carbonyl (C=O) groups is 2. The Morgan fingerprint density at radius 1 is 1.52 bits per heavy atom. The molecule has 114 valence electrons. The lowest BCUT2D eigenvalue weighted by molar-refractivity contribution is -0.145. The summed E-state index contributed by atoms with van der Waals surface area (Å²) in [5.74, 6) is -1.15. The molecule has 1 aromatic rings. The van der Waals surface area contributed by atoms with Crippen LogP contribution in [0.5, 0.6) is 0 Å². The Morgan fingerprint density at radius 2 is 2.29 bits per heavy atom. The molecule has 1 aromatic carbocycles. The SMILES string of the molecule is COC(=O)CC1CN(C(=O)c2ccc(Br)c(F)c2)CCO1. The fraction of sp³-hybridized carbons (Fsp3) is 0.429. The summed E-state index contributed by atoms with van der Waals surface area (Å²) in [6.07, 6.45) is -0.301. The molecule has 1 unspecified atom stereocenters. The predicted molar refractivity (Wildman–Crippen MR) is 76.4 cm³/mol. The zero-order chi connectivity index (χ0) is 15.4. The van der Waals surface area contributed by atoms with Gasteiger partial charge in [-0.05, 0) is 34.1 Å². The largest absolute Gasteiger partial charge is 0.469 e. The summed E-state index contributed by atoms with van der Waals surface area (Å²) < 4.78 is 23.8. The Hall–Kier alpha value is -1.47. The fourth-order valence-electron chi connectivity index (χ4n) is 2.11. The molecule has 2 rings (SSSR count). The van der Waals surface area contributed by atoms with Crippen molar-refractivity contribution >= 4 is 27.8 Å². The van der Waals surface area contributed by atoms with E-state index in [1.165, 1.54) is 19.2 Å². The van der Waals surface area contributed by atoms with Crippen LogP contribution in [0.3, 0.4) is 0 Å². The maximum atomic E-state index is 13.5. The van der Waals surface area contributed by atoms with E-state index in [1.54, 1.807) is 11.0 Å². The number of hydrogen-bond donors (Lipinski definition) is 0. The number of esters is 1. The maximum absolute atomic E-state index is 13.5. The predicted octanol–water partition coefficient (Wildman–Crippen LogP) is 1.99. The lowest BCUT2D eigenvalue weighted by Gasteiger charge is -2.32. The summed E-state index contributed by atoms with van der Waals surface area (Å²) in [7, 11) is 1.30. The first kappa shape index (κ1) is 15.9. The molecule has 0 radical (unpaired) electrons. The number of carbonyl (C=O) groups excluding carboxylic acids is 2. The smallest absolute Gasteiger partial charge is 0.308 e. The third-order valence-electron chi connectivity index (χ3n) is 3.21. The van der Waals surface area contributed by atoms with Crippen LogP contribution in [0.25, 0.3) is 0 Å². The van der Waals surface area contributed by atoms with Gasteiger partial charge in [0.25, 0.3) is 5.91 Å². The second-order valence-corrected chi connectivity index (χ2v) is 5.51. The average molecular weight is 360 g/mol. The highest BCUT2D eigenvalue weighted by Crippen LogP contribution is 2.19. The van der Waals surface area contributed by atoms with Crippen LogP contribution in [-0.2, 0) is 14.3 Å². The number of morpholine rings is 1. The molecule has 0 N–H and O–H groups in total. The molecule has 1 fully saturated rings. The highest BCUT2D eigenvalue weighted by molar-refractivity contribution is 9.10. The second kappa shape index (κ2) is 7.00. The van der Waals surface area contributed by atoms with Crippen LogP contribution in [-0.4, -0.2) is 49.7 Å². The van der Waals surface area contributed by atoms with Gasteiger partial charge in [0.05, 0.1) is 30.7 Å². The number of methoxy groups -OCH3 is 1. The fourth-order valence-corrected chi connectivity index (χ4v) is 2.35. The van der Waals surface area contributed by atoms with E-state index in [2.05, 4.69) is 20.7 Å². The third-order valence-corrected chi connectivity index (χ3v) is 3.86. The van der Waals surface area contributed by atoms with Crippen molar-refractivity contribution in [3.05, 3.63) is 34.1 Å². The van der Waals surface area contributed by atoms with Gasteiger partial charge < -0.3 is 14.4 Å². The van der Waals surface area contributed by atoms with Crippen molar-refractivity contribution in [1.82, 2.24) is 4.90 Å². The van der Waals surface area contributed by atoms with Gasteiger partial charge in [0.1, 0.15) is 5.82 Å². The molecular weight excluding hydrogens is 345 g/mol. The molecule has 0 aliphatic carbocycles. The van der Waals surface area contributed by atoms with Gasteiger partial charge in [-0.1, -0.05) is 0 Å². The summed E-state index contributed by atoms with van der Waals surface area (Å²) in [5.41, 5.74) is 0.273. The standard InChI is InChI=1S/C14H15BrFNO4/c1-20-13(18)7-10-8-17(4-5-21-10)14(19)9-2-3-11(15)12(16)6-9/h2-3,6,10H,4-5,7-8H2,1H3. The van der Waals surface area contributed by atoms with Crippen molar-refractivity contribution in [3.8, 4) is 0 Å². The zero-order valence-electron chi connectivity index (χ0n) is 11.5. The average Bonchev–Trinajstić information content (AvgIpc) is 2.49. The first-order chi connectivity index (χ1) is 10.0. The quantitative estimate of drug-likeness (QED) is 0.774. The van der Waals surface area contributed by atoms with Crippen molar-refractivity contribution in [1.29, 1.82) is 0 Å². The van der Waals surface area contributed by atoms with Crippen molar-refractivity contribution in [2.75, 3.05) is 26.8 Å². The highest BCUT2D eigenvalue weighted by atomic mass is 79.9. The summed E-state index contributed by atoms with van der Waals surface area (Å²) in [6, 6.07) is 4.24. The van der Waals surface area contributed by atoms with E-state index in [9.17, 15) is 14.0 Å². The van der Waals surface area contributed by atoms with Gasteiger partial charge in [-0.15, -0.1) is 0 Å². The minimum atomic E-state index is -0.486. The van der Waals surface area contributed by atoms with E-state index in [-0.39, 0.29) is 30.4 Å². The lowest BCUT2D eigenvalue weighted by atomic mass is 10.1. The van der Waals surface area contributed by atoms with E-state index < -0.39 is 11.9 Å². The van der Waals surface area contributed by atoms with Gasteiger partial charge in [-0.2, -0.15) is 0 Å². The molecule has 0 aromatic heterocycles. The first-order valence-electron chi connectivity index (χ1n) is 6.44. The maximum Gasteiger partial charge on any atom is 0.308 e. The molecule has 7 heteroatoms. The van der Waals surface area contributed by atoms with Crippen molar-refractivity contribution < 1.29 is 23.5 Å². The Kier molecular flexibility index (Phi) is 5.30. The number of benzene rings is 1. The molecule has 1 saturated heterocycles. The molecular formula is C14H15BrFNO4. The third kappa shape index (κ3) is 4.01. The van der Waals surface area contributed by atoms with Gasteiger partial charge in [0.15, 0.2) is 0 Å². The summed E-state index contributed by atoms with van der Waals surface area (Å²) in [4.78, 5) is 25.1. The number of ether oxygens (including phenoxy) is 2. The number of rotatable bonds is 3. The molecule has 1 aliphatic heterocycles. The Balaban J connectivity index is 2.04. The molecule has 1 amide bonds. The highest BCUT2D eigenvalue weighted by Gasteiger charge is 2.27. The van der Waals surface area contributed by atoms with Crippen LogP contribution < -0.4 is 0 Å². The monoisotopic (exact) mass is 359 g/mol. The number of hydrogen-bond acceptors (Lipinski definition) is 4. The van der Waals surface area contributed by atoms with Crippen molar-refractivity contribution in [2.45, 2.75) is 12.5 Å². The Labute approximate surface area is 130 Å². The molecule has 0 saturated carbocycles. The molecule has 1 heterocycles. The summed E-state index contributed by atoms with van der Waals surface area (Å²) in [5, 5.41) is 0. The molecule has 0 spiro atoms. The topological polar surface area (TPSA) is 55.8 Å². The number of amides is 1. The normalized spacial score (nSPS) is 18.4. The minimum Gasteiger partial charge on any atom is -0.469 e. The summed E-state index contributed by atoms with van der Waals surface area (Å²) in [6.45, 7) is 1.03. The first-order valence-corrected chi connectivity index (χ1v) is 7.23. The molecule has 21 heavy (non-hydrogen) atoms. The molecule has 1 atom stereocenters. The van der Waals surface area contributed by atoms with Crippen LogP contribution >= 0.6 is 15.9 Å². The van der Waals surface area contributed by atoms with Gasteiger partial charge in [-0.3, -0.25) is 9.59 Å². The van der Waals surface area contributed by atoms with Gasteiger partial charge in [0, 0.05) is 18.7 Å². The van der Waals surface area contributed by atoms with Crippen LogP contribution in [0.2, 0.25) is 0 Å². The van der Waals surface area contributed by atoms with E-state index in [1.807, 2.05) is 0 Å². The van der Waals surface area contributed by atoms with E-state index in [4.69, 9.17) is 4.74 Å². The van der Waals surface area contributed by atoms with Gasteiger partial charge >= 0.3 is 5.97 Å². The van der Waals surface area contributed by atoms with Crippen LogP contribution in [0.4, 0.5) is 4.39 Å². The van der Waals surface area contributed by atoms with Crippen LogP contribution in [0.1, 0.15) is 16.8 Å². The zero-order valence-corrected chi connectivity index (χ0v) is 13.1. The van der Waals surface area contributed by atoms with E-state index in [0.717, 1.165) is 0 Å². The Morgan fingerprint density at radius 3 is 2.95 bits per heavy atom. The van der Waals surface area contributed by atoms with Crippen molar-refractivity contribution in [2.24, 2.45) is 0 Å². The van der Waals surface area contributed by atoms with Crippen molar-refractivity contribution in [3.63, 3.8) is 0 Å².